The van der Waals surface area contributed by atoms with Crippen molar-refractivity contribution in [3.8, 4) is 5.75 Å². The molecular weight excluding hydrogens is 323 g/mol. The summed E-state index contributed by atoms with van der Waals surface area (Å²) in [5.74, 6) is -11.4. The van der Waals surface area contributed by atoms with Gasteiger partial charge in [-0.3, -0.25) is 0 Å². The van der Waals surface area contributed by atoms with E-state index in [2.05, 4.69) is 15.9 Å². The van der Waals surface area contributed by atoms with Crippen LogP contribution in [0, 0.1) is 34.5 Å². The first-order valence-corrected chi connectivity index (χ1v) is 6.03. The molecule has 1 nitrogen and oxygen atoms in total. The van der Waals surface area contributed by atoms with Crippen molar-refractivity contribution in [1.82, 2.24) is 0 Å². The molecule has 0 atom stereocenters. The van der Waals surface area contributed by atoms with E-state index in [1.54, 1.807) is 13.8 Å². The Morgan fingerprint density at radius 3 is 1.67 bits per heavy atom. The minimum absolute atomic E-state index is 0.198. The van der Waals surface area contributed by atoms with E-state index in [-0.39, 0.29) is 6.61 Å². The van der Waals surface area contributed by atoms with Crippen LogP contribution in [-0.2, 0) is 0 Å². The summed E-state index contributed by atoms with van der Waals surface area (Å²) in [6.07, 6.45) is 0. The summed E-state index contributed by atoms with van der Waals surface area (Å²) in [5, 5.41) is 0.440. The number of alkyl halides is 1. The lowest BCUT2D eigenvalue weighted by molar-refractivity contribution is 0.181. The minimum Gasteiger partial charge on any atom is -0.487 e. The normalized spacial score (nSPS) is 11.8. The molecule has 0 aliphatic rings. The zero-order chi connectivity index (χ0) is 14.1. The summed E-state index contributed by atoms with van der Waals surface area (Å²) in [5.41, 5.74) is -0.514. The Kier molecular flexibility index (Phi) is 4.58. The number of ether oxygens (including phenoxy) is 1. The molecule has 0 aromatic heterocycles. The maximum atomic E-state index is 13.2. The van der Waals surface area contributed by atoms with E-state index >= 15 is 0 Å². The molecule has 18 heavy (non-hydrogen) atoms. The van der Waals surface area contributed by atoms with E-state index in [0.29, 0.717) is 5.33 Å². The molecule has 0 bridgehead atoms. The molecule has 1 aromatic carbocycles. The highest BCUT2D eigenvalue weighted by atomic mass is 79.9. The van der Waals surface area contributed by atoms with Crippen molar-refractivity contribution in [3.05, 3.63) is 29.1 Å². The van der Waals surface area contributed by atoms with E-state index in [4.69, 9.17) is 4.74 Å². The maximum absolute atomic E-state index is 13.2. The molecule has 0 heterocycles. The summed E-state index contributed by atoms with van der Waals surface area (Å²) < 4.78 is 69.6. The molecule has 102 valence electrons. The third-order valence-corrected chi connectivity index (χ3v) is 3.66. The Morgan fingerprint density at radius 2 is 1.28 bits per heavy atom. The Labute approximate surface area is 109 Å². The predicted octanol–water partition coefficient (Wildman–Crippen LogP) is 4.18. The molecule has 0 saturated heterocycles. The monoisotopic (exact) mass is 332 g/mol. The molecule has 0 spiro atoms. The highest BCUT2D eigenvalue weighted by Crippen LogP contribution is 2.30. The molecule has 0 aliphatic carbocycles. The van der Waals surface area contributed by atoms with E-state index in [1.165, 1.54) is 0 Å². The highest BCUT2D eigenvalue weighted by molar-refractivity contribution is 9.09. The van der Waals surface area contributed by atoms with E-state index in [1.807, 2.05) is 0 Å². The van der Waals surface area contributed by atoms with Gasteiger partial charge in [-0.2, -0.15) is 8.78 Å². The van der Waals surface area contributed by atoms with Crippen molar-refractivity contribution < 1.29 is 26.7 Å². The van der Waals surface area contributed by atoms with Crippen molar-refractivity contribution >= 4 is 15.9 Å². The van der Waals surface area contributed by atoms with Gasteiger partial charge >= 0.3 is 0 Å². The van der Waals surface area contributed by atoms with Gasteiger partial charge < -0.3 is 4.74 Å². The molecule has 1 rings (SSSR count). The zero-order valence-corrected chi connectivity index (χ0v) is 11.2. The molecule has 1 aromatic rings. The van der Waals surface area contributed by atoms with Gasteiger partial charge in [-0.25, -0.2) is 13.2 Å². The second kappa shape index (κ2) is 5.42. The number of halogens is 6. The molecular formula is C11H10BrF5O. The topological polar surface area (TPSA) is 9.23 Å². The van der Waals surface area contributed by atoms with Gasteiger partial charge in [-0.15, -0.1) is 0 Å². The van der Waals surface area contributed by atoms with Crippen LogP contribution < -0.4 is 4.74 Å². The highest BCUT2D eigenvalue weighted by Gasteiger charge is 2.28. The molecule has 0 unspecified atom stereocenters. The number of hydrogen-bond donors (Lipinski definition) is 0. The fourth-order valence-corrected chi connectivity index (χ4v) is 1.18. The van der Waals surface area contributed by atoms with Gasteiger partial charge in [0.05, 0.1) is 6.61 Å². The van der Waals surface area contributed by atoms with Crippen molar-refractivity contribution in [3.63, 3.8) is 0 Å². The molecule has 0 amide bonds. The first-order valence-electron chi connectivity index (χ1n) is 4.91. The zero-order valence-electron chi connectivity index (χ0n) is 9.59. The second-order valence-corrected chi connectivity index (χ2v) is 5.05. The molecule has 7 heteroatoms. The Balaban J connectivity index is 3.11. The quantitative estimate of drug-likeness (QED) is 0.348. The van der Waals surface area contributed by atoms with Gasteiger partial charge in [0.15, 0.2) is 5.75 Å². The Bertz CT molecular complexity index is 432. The van der Waals surface area contributed by atoms with Crippen molar-refractivity contribution in [1.29, 1.82) is 0 Å². The smallest absolute Gasteiger partial charge is 0.206 e. The summed E-state index contributed by atoms with van der Waals surface area (Å²) in [6.45, 7) is 3.21. The van der Waals surface area contributed by atoms with Crippen LogP contribution in [0.1, 0.15) is 13.8 Å². The second-order valence-electron chi connectivity index (χ2n) is 4.49. The summed E-state index contributed by atoms with van der Waals surface area (Å²) in [4.78, 5) is 0. The molecule has 0 radical (unpaired) electrons. The fourth-order valence-electron chi connectivity index (χ4n) is 1.02. The van der Waals surface area contributed by atoms with E-state index in [9.17, 15) is 22.0 Å². The standard InChI is InChI=1S/C11H10BrF5O/c1-11(2,3-12)4-18-10-8(16)6(14)5(13)7(15)9(10)17/h3-4H2,1-2H3. The lowest BCUT2D eigenvalue weighted by Gasteiger charge is -2.22. The summed E-state index contributed by atoms with van der Waals surface area (Å²) in [6, 6.07) is 0. The van der Waals surface area contributed by atoms with Crippen LogP contribution in [-0.4, -0.2) is 11.9 Å². The van der Waals surface area contributed by atoms with Crippen molar-refractivity contribution in [2.24, 2.45) is 5.41 Å². The Hall–Kier alpha value is -0.850. The number of hydrogen-bond acceptors (Lipinski definition) is 1. The molecule has 0 aliphatic heterocycles. The van der Waals surface area contributed by atoms with Crippen LogP contribution in [0.4, 0.5) is 22.0 Å². The van der Waals surface area contributed by atoms with E-state index < -0.39 is 40.3 Å². The molecule has 0 saturated carbocycles. The van der Waals surface area contributed by atoms with Crippen molar-refractivity contribution in [2.45, 2.75) is 13.8 Å². The number of rotatable bonds is 4. The average Bonchev–Trinajstić information content (AvgIpc) is 2.34. The lowest BCUT2D eigenvalue weighted by atomic mass is 9.98. The first-order chi connectivity index (χ1) is 8.21. The van der Waals surface area contributed by atoms with Gasteiger partial charge in [-0.05, 0) is 0 Å². The third kappa shape index (κ3) is 2.93. The number of benzene rings is 1. The van der Waals surface area contributed by atoms with Crippen LogP contribution in [0.5, 0.6) is 5.75 Å². The maximum Gasteiger partial charge on any atom is 0.206 e. The van der Waals surface area contributed by atoms with Crippen LogP contribution in [0.25, 0.3) is 0 Å². The van der Waals surface area contributed by atoms with Gasteiger partial charge in [0.1, 0.15) is 0 Å². The first kappa shape index (κ1) is 15.2. The predicted molar refractivity (Wildman–Crippen MR) is 59.3 cm³/mol. The van der Waals surface area contributed by atoms with Gasteiger partial charge in [-0.1, -0.05) is 29.8 Å². The van der Waals surface area contributed by atoms with Crippen molar-refractivity contribution in [2.75, 3.05) is 11.9 Å². The van der Waals surface area contributed by atoms with E-state index in [0.717, 1.165) is 0 Å². The van der Waals surface area contributed by atoms with Crippen LogP contribution in [0.15, 0.2) is 0 Å². The SMILES string of the molecule is CC(C)(CBr)COc1c(F)c(F)c(F)c(F)c1F. The van der Waals surface area contributed by atoms with Gasteiger partial charge in [0.2, 0.25) is 29.1 Å². The Morgan fingerprint density at radius 1 is 0.889 bits per heavy atom. The largest absolute Gasteiger partial charge is 0.487 e. The van der Waals surface area contributed by atoms with Gasteiger partial charge in [0, 0.05) is 10.7 Å². The third-order valence-electron chi connectivity index (χ3n) is 2.14. The lowest BCUT2D eigenvalue weighted by Crippen LogP contribution is -2.24. The van der Waals surface area contributed by atoms with Gasteiger partial charge in [0.25, 0.3) is 0 Å². The molecule has 0 N–H and O–H groups in total. The summed E-state index contributed by atoms with van der Waals surface area (Å²) in [7, 11) is 0. The van der Waals surface area contributed by atoms with Crippen LogP contribution in [0.3, 0.4) is 0 Å². The summed E-state index contributed by atoms with van der Waals surface area (Å²) >= 11 is 3.15. The minimum atomic E-state index is -2.20. The average molecular weight is 333 g/mol. The van der Waals surface area contributed by atoms with Crippen LogP contribution in [0.2, 0.25) is 0 Å². The molecule has 0 fully saturated rings. The fraction of sp³-hybridized carbons (Fsp3) is 0.455. The van der Waals surface area contributed by atoms with Crippen LogP contribution >= 0.6 is 15.9 Å².